The Morgan fingerprint density at radius 2 is 2.29 bits per heavy atom. The molecule has 14 heavy (non-hydrogen) atoms. The fourth-order valence-corrected chi connectivity index (χ4v) is 2.02. The SMILES string of the molecule is CC(CCl)CC1Cc2ccccc2O1. The van der Waals surface area contributed by atoms with Gasteiger partial charge >= 0.3 is 0 Å². The van der Waals surface area contributed by atoms with Crippen LogP contribution in [-0.2, 0) is 6.42 Å². The highest BCUT2D eigenvalue weighted by atomic mass is 35.5. The summed E-state index contributed by atoms with van der Waals surface area (Å²) in [6.45, 7) is 2.17. The van der Waals surface area contributed by atoms with Gasteiger partial charge in [0.25, 0.3) is 0 Å². The molecule has 1 aliphatic heterocycles. The highest BCUT2D eigenvalue weighted by molar-refractivity contribution is 6.18. The van der Waals surface area contributed by atoms with E-state index in [1.165, 1.54) is 5.56 Å². The molecule has 0 radical (unpaired) electrons. The van der Waals surface area contributed by atoms with Crippen molar-refractivity contribution in [2.75, 3.05) is 5.88 Å². The molecule has 0 N–H and O–H groups in total. The van der Waals surface area contributed by atoms with E-state index < -0.39 is 0 Å². The fraction of sp³-hybridized carbons (Fsp3) is 0.500. The molecule has 2 rings (SSSR count). The van der Waals surface area contributed by atoms with Gasteiger partial charge in [-0.3, -0.25) is 0 Å². The first-order valence-corrected chi connectivity index (χ1v) is 5.63. The van der Waals surface area contributed by atoms with Gasteiger partial charge in [0.05, 0.1) is 0 Å². The Kier molecular flexibility index (Phi) is 2.97. The van der Waals surface area contributed by atoms with Gasteiger partial charge in [-0.1, -0.05) is 25.1 Å². The second-order valence-corrected chi connectivity index (χ2v) is 4.36. The Balaban J connectivity index is 1.98. The van der Waals surface area contributed by atoms with Gasteiger partial charge < -0.3 is 4.74 Å². The number of para-hydroxylation sites is 1. The third-order valence-corrected chi connectivity index (χ3v) is 3.17. The maximum atomic E-state index is 5.82. The molecule has 1 nitrogen and oxygen atoms in total. The normalized spacial score (nSPS) is 21.4. The smallest absolute Gasteiger partial charge is 0.123 e. The second kappa shape index (κ2) is 4.22. The lowest BCUT2D eigenvalue weighted by atomic mass is 10.0. The summed E-state index contributed by atoms with van der Waals surface area (Å²) < 4.78 is 5.82. The zero-order valence-corrected chi connectivity index (χ0v) is 9.13. The molecule has 1 heterocycles. The van der Waals surface area contributed by atoms with E-state index in [2.05, 4.69) is 19.1 Å². The van der Waals surface area contributed by atoms with Gasteiger partial charge in [0, 0.05) is 12.3 Å². The average molecular weight is 211 g/mol. The van der Waals surface area contributed by atoms with Crippen molar-refractivity contribution in [3.63, 3.8) is 0 Å². The predicted molar refractivity (Wildman–Crippen MR) is 59.1 cm³/mol. The number of benzene rings is 1. The van der Waals surface area contributed by atoms with Crippen molar-refractivity contribution in [3.05, 3.63) is 29.8 Å². The Morgan fingerprint density at radius 3 is 3.00 bits per heavy atom. The van der Waals surface area contributed by atoms with Crippen LogP contribution in [0.4, 0.5) is 0 Å². The Bertz CT molecular complexity index is 286. The van der Waals surface area contributed by atoms with Crippen LogP contribution in [0.25, 0.3) is 0 Å². The van der Waals surface area contributed by atoms with Crippen molar-refractivity contribution >= 4 is 11.6 Å². The number of ether oxygens (including phenoxy) is 1. The number of alkyl halides is 1. The summed E-state index contributed by atoms with van der Waals surface area (Å²) in [4.78, 5) is 0. The topological polar surface area (TPSA) is 9.23 Å². The van der Waals surface area contributed by atoms with Gasteiger partial charge in [0.2, 0.25) is 0 Å². The van der Waals surface area contributed by atoms with Crippen LogP contribution in [0.5, 0.6) is 5.75 Å². The fourth-order valence-electron chi connectivity index (χ4n) is 1.90. The van der Waals surface area contributed by atoms with Gasteiger partial charge in [-0.25, -0.2) is 0 Å². The van der Waals surface area contributed by atoms with Gasteiger partial charge in [-0.2, -0.15) is 0 Å². The molecule has 0 saturated heterocycles. The van der Waals surface area contributed by atoms with E-state index in [9.17, 15) is 0 Å². The summed E-state index contributed by atoms with van der Waals surface area (Å²) in [5, 5.41) is 0. The lowest BCUT2D eigenvalue weighted by Gasteiger charge is -2.13. The monoisotopic (exact) mass is 210 g/mol. The van der Waals surface area contributed by atoms with Crippen molar-refractivity contribution < 1.29 is 4.74 Å². The van der Waals surface area contributed by atoms with Crippen molar-refractivity contribution in [1.82, 2.24) is 0 Å². The molecule has 2 unspecified atom stereocenters. The van der Waals surface area contributed by atoms with Crippen LogP contribution < -0.4 is 4.74 Å². The summed E-state index contributed by atoms with van der Waals surface area (Å²) in [6.07, 6.45) is 2.43. The summed E-state index contributed by atoms with van der Waals surface area (Å²) in [5.41, 5.74) is 1.33. The minimum absolute atomic E-state index is 0.334. The summed E-state index contributed by atoms with van der Waals surface area (Å²) >= 11 is 5.79. The van der Waals surface area contributed by atoms with E-state index in [1.54, 1.807) is 0 Å². The van der Waals surface area contributed by atoms with Crippen LogP contribution in [0.15, 0.2) is 24.3 Å². The quantitative estimate of drug-likeness (QED) is 0.696. The van der Waals surface area contributed by atoms with Crippen LogP contribution in [-0.4, -0.2) is 12.0 Å². The maximum Gasteiger partial charge on any atom is 0.123 e. The minimum atomic E-state index is 0.334. The molecular formula is C12H15ClO. The predicted octanol–water partition coefficient (Wildman–Crippen LogP) is 3.26. The zero-order chi connectivity index (χ0) is 9.97. The van der Waals surface area contributed by atoms with Crippen molar-refractivity contribution in [3.8, 4) is 5.75 Å². The lowest BCUT2D eigenvalue weighted by molar-refractivity contribution is 0.203. The number of hydrogen-bond donors (Lipinski definition) is 0. The van der Waals surface area contributed by atoms with E-state index in [-0.39, 0.29) is 0 Å². The van der Waals surface area contributed by atoms with Crippen LogP contribution in [0.3, 0.4) is 0 Å². The maximum absolute atomic E-state index is 5.82. The minimum Gasteiger partial charge on any atom is -0.490 e. The molecule has 76 valence electrons. The molecule has 2 atom stereocenters. The van der Waals surface area contributed by atoms with Crippen molar-refractivity contribution in [2.24, 2.45) is 5.92 Å². The summed E-state index contributed by atoms with van der Waals surface area (Å²) in [6, 6.07) is 8.27. The van der Waals surface area contributed by atoms with E-state index in [1.807, 2.05) is 12.1 Å². The molecule has 1 aromatic carbocycles. The van der Waals surface area contributed by atoms with E-state index in [0.717, 1.165) is 24.5 Å². The molecule has 2 heteroatoms. The van der Waals surface area contributed by atoms with Crippen molar-refractivity contribution in [2.45, 2.75) is 25.9 Å². The first-order chi connectivity index (χ1) is 6.79. The molecular weight excluding hydrogens is 196 g/mol. The molecule has 0 fully saturated rings. The summed E-state index contributed by atoms with van der Waals surface area (Å²) in [5.74, 6) is 2.31. The average Bonchev–Trinajstić information content (AvgIpc) is 2.59. The standard InChI is InChI=1S/C12H15ClO/c1-9(8-13)6-11-7-10-4-2-3-5-12(10)14-11/h2-5,9,11H,6-8H2,1H3. The molecule has 0 amide bonds. The number of hydrogen-bond acceptors (Lipinski definition) is 1. The van der Waals surface area contributed by atoms with E-state index in [4.69, 9.17) is 16.3 Å². The molecule has 1 aliphatic rings. The summed E-state index contributed by atoms with van der Waals surface area (Å²) in [7, 11) is 0. The third-order valence-electron chi connectivity index (χ3n) is 2.64. The number of rotatable bonds is 3. The Morgan fingerprint density at radius 1 is 1.50 bits per heavy atom. The van der Waals surface area contributed by atoms with Crippen molar-refractivity contribution in [1.29, 1.82) is 0 Å². The van der Waals surface area contributed by atoms with Gasteiger partial charge in [0.15, 0.2) is 0 Å². The molecule has 1 aromatic rings. The zero-order valence-electron chi connectivity index (χ0n) is 8.37. The van der Waals surface area contributed by atoms with Gasteiger partial charge in [-0.15, -0.1) is 11.6 Å². The Hall–Kier alpha value is -0.690. The Labute approximate surface area is 90.0 Å². The number of fused-ring (bicyclic) bond motifs is 1. The third kappa shape index (κ3) is 2.03. The van der Waals surface area contributed by atoms with Crippen LogP contribution >= 0.6 is 11.6 Å². The molecule has 0 aromatic heterocycles. The highest BCUT2D eigenvalue weighted by Crippen LogP contribution is 2.30. The number of halogens is 1. The van der Waals surface area contributed by atoms with E-state index in [0.29, 0.717) is 12.0 Å². The molecule has 0 aliphatic carbocycles. The largest absolute Gasteiger partial charge is 0.490 e. The molecule has 0 bridgehead atoms. The lowest BCUT2D eigenvalue weighted by Crippen LogP contribution is -2.17. The molecule has 0 spiro atoms. The van der Waals surface area contributed by atoms with Crippen LogP contribution in [0.2, 0.25) is 0 Å². The van der Waals surface area contributed by atoms with Crippen LogP contribution in [0.1, 0.15) is 18.9 Å². The first kappa shape index (κ1) is 9.85. The highest BCUT2D eigenvalue weighted by Gasteiger charge is 2.23. The van der Waals surface area contributed by atoms with E-state index >= 15 is 0 Å². The first-order valence-electron chi connectivity index (χ1n) is 5.10. The van der Waals surface area contributed by atoms with Crippen LogP contribution in [0, 0.1) is 5.92 Å². The second-order valence-electron chi connectivity index (χ2n) is 4.05. The van der Waals surface area contributed by atoms with Gasteiger partial charge in [-0.05, 0) is 24.0 Å². The van der Waals surface area contributed by atoms with Gasteiger partial charge in [0.1, 0.15) is 11.9 Å². The molecule has 0 saturated carbocycles.